The summed E-state index contributed by atoms with van der Waals surface area (Å²) in [4.78, 5) is 18.4. The third-order valence-electron chi connectivity index (χ3n) is 3.88. The van der Waals surface area contributed by atoms with Gasteiger partial charge in [0.1, 0.15) is 0 Å². The van der Waals surface area contributed by atoms with Gasteiger partial charge in [-0.15, -0.1) is 0 Å². The molecule has 2 rings (SSSR count). The Kier molecular flexibility index (Phi) is 5.05. The lowest BCUT2D eigenvalue weighted by Gasteiger charge is -2.22. The molecule has 1 aliphatic heterocycles. The van der Waals surface area contributed by atoms with Gasteiger partial charge in [-0.2, -0.15) is 0 Å². The van der Waals surface area contributed by atoms with Crippen LogP contribution in [0, 0.1) is 6.92 Å². The zero-order valence-corrected chi connectivity index (χ0v) is 14.3. The predicted octanol–water partition coefficient (Wildman–Crippen LogP) is 2.16. The highest BCUT2D eigenvalue weighted by atomic mass is 32.2. The first kappa shape index (κ1) is 16.7. The number of rotatable bonds is 2. The Hall–Kier alpha value is -1.63. The van der Waals surface area contributed by atoms with Gasteiger partial charge in [-0.05, 0) is 39.3 Å². The van der Waals surface area contributed by atoms with Crippen LogP contribution in [0.25, 0.3) is 0 Å². The quantitative estimate of drug-likeness (QED) is 0.904. The van der Waals surface area contributed by atoms with Gasteiger partial charge in [0.05, 0.1) is 7.11 Å². The van der Waals surface area contributed by atoms with Gasteiger partial charge in [0.2, 0.25) is 0 Å². The SMILES string of the molecule is COc1ccc(C)nc1NC(=O)N1CCS(=O)C(C)(C)CC1. The normalized spacial score (nSPS) is 21.1. The summed E-state index contributed by atoms with van der Waals surface area (Å²) in [6, 6.07) is 3.37. The van der Waals surface area contributed by atoms with Crippen LogP contribution in [-0.4, -0.2) is 50.8 Å². The molecule has 1 saturated heterocycles. The van der Waals surface area contributed by atoms with Crippen LogP contribution in [0.1, 0.15) is 26.0 Å². The Morgan fingerprint density at radius 1 is 1.41 bits per heavy atom. The van der Waals surface area contributed by atoms with Gasteiger partial charge in [-0.1, -0.05) is 0 Å². The van der Waals surface area contributed by atoms with Crippen molar-refractivity contribution in [2.75, 3.05) is 31.3 Å². The molecule has 0 spiro atoms. The fraction of sp³-hybridized carbons (Fsp3) is 0.600. The maximum atomic E-state index is 12.4. The molecule has 22 heavy (non-hydrogen) atoms. The van der Waals surface area contributed by atoms with Gasteiger partial charge in [0.25, 0.3) is 0 Å². The maximum Gasteiger partial charge on any atom is 0.323 e. The highest BCUT2D eigenvalue weighted by molar-refractivity contribution is 7.86. The van der Waals surface area contributed by atoms with Gasteiger partial charge in [0, 0.05) is 40.1 Å². The summed E-state index contributed by atoms with van der Waals surface area (Å²) in [5.41, 5.74) is 0.800. The Morgan fingerprint density at radius 3 is 2.82 bits per heavy atom. The van der Waals surface area contributed by atoms with Crippen LogP contribution in [0.4, 0.5) is 10.6 Å². The van der Waals surface area contributed by atoms with Gasteiger partial charge in [-0.3, -0.25) is 9.53 Å². The van der Waals surface area contributed by atoms with E-state index in [-0.39, 0.29) is 10.8 Å². The van der Waals surface area contributed by atoms with E-state index in [0.717, 1.165) is 5.69 Å². The predicted molar refractivity (Wildman–Crippen MR) is 87.8 cm³/mol. The number of methoxy groups -OCH3 is 1. The van der Waals surface area contributed by atoms with E-state index < -0.39 is 10.8 Å². The molecule has 1 aliphatic rings. The summed E-state index contributed by atoms with van der Waals surface area (Å²) in [7, 11) is 0.618. The molecule has 7 heteroatoms. The average Bonchev–Trinajstić information content (AvgIpc) is 2.59. The van der Waals surface area contributed by atoms with E-state index in [1.54, 1.807) is 18.1 Å². The van der Waals surface area contributed by atoms with Crippen molar-refractivity contribution in [1.82, 2.24) is 9.88 Å². The molecule has 0 aliphatic carbocycles. The third-order valence-corrected chi connectivity index (χ3v) is 5.87. The van der Waals surface area contributed by atoms with Crippen LogP contribution >= 0.6 is 0 Å². The minimum atomic E-state index is -0.923. The second kappa shape index (κ2) is 6.64. The lowest BCUT2D eigenvalue weighted by atomic mass is 10.1. The van der Waals surface area contributed by atoms with Crippen molar-refractivity contribution in [1.29, 1.82) is 0 Å². The number of anilines is 1. The van der Waals surface area contributed by atoms with Gasteiger partial charge >= 0.3 is 6.03 Å². The molecule has 1 aromatic rings. The molecule has 1 N–H and O–H groups in total. The van der Waals surface area contributed by atoms with E-state index in [1.807, 2.05) is 26.8 Å². The molecule has 0 aromatic carbocycles. The topological polar surface area (TPSA) is 71.5 Å². The van der Waals surface area contributed by atoms with Crippen LogP contribution in [0.2, 0.25) is 0 Å². The Morgan fingerprint density at radius 2 is 2.14 bits per heavy atom. The van der Waals surface area contributed by atoms with Crippen LogP contribution in [0.5, 0.6) is 5.75 Å². The number of urea groups is 1. The lowest BCUT2D eigenvalue weighted by Crippen LogP contribution is -2.37. The molecule has 1 atom stereocenters. The second-order valence-corrected chi connectivity index (χ2v) is 8.18. The number of nitrogens with zero attached hydrogens (tertiary/aromatic N) is 2. The highest BCUT2D eigenvalue weighted by Crippen LogP contribution is 2.24. The summed E-state index contributed by atoms with van der Waals surface area (Å²) >= 11 is 0. The molecule has 1 fully saturated rings. The van der Waals surface area contributed by atoms with Gasteiger partial charge < -0.3 is 9.64 Å². The van der Waals surface area contributed by atoms with E-state index in [1.165, 1.54) is 0 Å². The molecule has 2 amide bonds. The number of amides is 2. The van der Waals surface area contributed by atoms with Crippen molar-refractivity contribution >= 4 is 22.6 Å². The van der Waals surface area contributed by atoms with Crippen molar-refractivity contribution in [3.05, 3.63) is 17.8 Å². The number of hydrogen-bond donors (Lipinski definition) is 1. The number of aryl methyl sites for hydroxylation is 1. The zero-order valence-electron chi connectivity index (χ0n) is 13.5. The molecule has 122 valence electrons. The first-order valence-corrected chi connectivity index (χ1v) is 8.61. The standard InChI is InChI=1S/C15H23N3O3S/c1-11-5-6-12(21-4)13(16-11)17-14(19)18-8-7-15(2,3)22(20)10-9-18/h5-6H,7-10H2,1-4H3,(H,16,17,19). The molecule has 1 unspecified atom stereocenters. The fourth-order valence-electron chi connectivity index (χ4n) is 2.28. The summed E-state index contributed by atoms with van der Waals surface area (Å²) in [5.74, 6) is 1.44. The van der Waals surface area contributed by atoms with E-state index >= 15 is 0 Å². The molecular weight excluding hydrogens is 302 g/mol. The number of carbonyl (C=O) groups excluding carboxylic acids is 1. The zero-order chi connectivity index (χ0) is 16.3. The number of ether oxygens (including phenoxy) is 1. The molecule has 0 bridgehead atoms. The summed E-state index contributed by atoms with van der Waals surface area (Å²) in [6.07, 6.45) is 0.714. The molecule has 0 radical (unpaired) electrons. The van der Waals surface area contributed by atoms with Crippen molar-refractivity contribution < 1.29 is 13.7 Å². The largest absolute Gasteiger partial charge is 0.493 e. The number of carbonyl (C=O) groups is 1. The van der Waals surface area contributed by atoms with Gasteiger partial charge in [0.15, 0.2) is 11.6 Å². The van der Waals surface area contributed by atoms with Crippen molar-refractivity contribution in [3.8, 4) is 5.75 Å². The van der Waals surface area contributed by atoms with Crippen molar-refractivity contribution in [2.24, 2.45) is 0 Å². The molecule has 6 nitrogen and oxygen atoms in total. The second-order valence-electron chi connectivity index (χ2n) is 5.98. The summed E-state index contributed by atoms with van der Waals surface area (Å²) in [6.45, 7) is 6.88. The van der Waals surface area contributed by atoms with Crippen molar-refractivity contribution in [3.63, 3.8) is 0 Å². The Bertz CT molecular complexity index is 589. The Labute approximate surface area is 133 Å². The summed E-state index contributed by atoms with van der Waals surface area (Å²) < 4.78 is 17.1. The minimum Gasteiger partial charge on any atom is -0.493 e. The van der Waals surface area contributed by atoms with E-state index in [9.17, 15) is 9.00 Å². The highest BCUT2D eigenvalue weighted by Gasteiger charge is 2.31. The summed E-state index contributed by atoms with van der Waals surface area (Å²) in [5, 5.41) is 2.79. The average molecular weight is 325 g/mol. The maximum absolute atomic E-state index is 12.4. The van der Waals surface area contributed by atoms with Crippen LogP contribution in [-0.2, 0) is 10.8 Å². The third kappa shape index (κ3) is 3.76. The fourth-order valence-corrected chi connectivity index (χ4v) is 3.54. The number of pyridine rings is 1. The number of nitrogens with one attached hydrogen (secondary N) is 1. The lowest BCUT2D eigenvalue weighted by molar-refractivity contribution is 0.214. The first-order valence-electron chi connectivity index (χ1n) is 7.29. The molecule has 2 heterocycles. The molecule has 1 aromatic heterocycles. The molecule has 0 saturated carbocycles. The number of hydrogen-bond acceptors (Lipinski definition) is 4. The monoisotopic (exact) mass is 325 g/mol. The van der Waals surface area contributed by atoms with Crippen LogP contribution < -0.4 is 10.1 Å². The van der Waals surface area contributed by atoms with E-state index in [2.05, 4.69) is 10.3 Å². The van der Waals surface area contributed by atoms with Crippen molar-refractivity contribution in [2.45, 2.75) is 31.9 Å². The minimum absolute atomic E-state index is 0.230. The van der Waals surface area contributed by atoms with Gasteiger partial charge in [-0.25, -0.2) is 9.78 Å². The van der Waals surface area contributed by atoms with E-state index in [0.29, 0.717) is 36.8 Å². The smallest absolute Gasteiger partial charge is 0.323 e. The van der Waals surface area contributed by atoms with E-state index in [4.69, 9.17) is 4.74 Å². The first-order chi connectivity index (χ1) is 10.3. The Balaban J connectivity index is 2.10. The van der Waals surface area contributed by atoms with Crippen LogP contribution in [0.15, 0.2) is 12.1 Å². The van der Waals surface area contributed by atoms with Crippen LogP contribution in [0.3, 0.4) is 0 Å². The molecular formula is C15H23N3O3S. The number of aromatic nitrogens is 1.